The van der Waals surface area contributed by atoms with Crippen LogP contribution in [0.3, 0.4) is 0 Å². The zero-order chi connectivity index (χ0) is 35.2. The Bertz CT molecular complexity index is 1600. The predicted octanol–water partition coefficient (Wildman–Crippen LogP) is 0.408. The van der Waals surface area contributed by atoms with Crippen LogP contribution in [0.4, 0.5) is 13.2 Å². The first-order valence-corrected chi connectivity index (χ1v) is 14.8. The number of carboxylic acids is 1. The van der Waals surface area contributed by atoms with Gasteiger partial charge in [-0.2, -0.15) is 13.2 Å². The molecule has 0 radical (unpaired) electrons. The number of hydrogen-bond acceptors (Lipinski definition) is 11. The van der Waals surface area contributed by atoms with Crippen LogP contribution in [0.1, 0.15) is 18.2 Å². The number of aromatic amines is 1. The molecule has 3 heterocycles. The smallest absolute Gasteiger partial charge is 0.475 e. The van der Waals surface area contributed by atoms with Crippen LogP contribution in [0.2, 0.25) is 0 Å². The SMILES string of the molecule is CN(Cc1ccc(-c2ccccc2)cc1)C[C@H](O[C@@H]1O[C@H](CN)[C@@H](O)[C@H]1O)[C@@H]1C[C@@H](O)[C@H](n2ccc(=O)[nH]c2=O)O1.O=C(O)C(F)(F)F. The molecule has 0 bridgehead atoms. The lowest BCUT2D eigenvalue weighted by Crippen LogP contribution is -2.44. The number of benzene rings is 2. The Kier molecular flexibility index (Phi) is 12.3. The van der Waals surface area contributed by atoms with Crippen molar-refractivity contribution in [1.82, 2.24) is 14.5 Å². The van der Waals surface area contributed by atoms with Crippen molar-refractivity contribution in [2.75, 3.05) is 20.1 Å². The highest BCUT2D eigenvalue weighted by Crippen LogP contribution is 2.33. The second-order valence-electron chi connectivity index (χ2n) is 11.4. The molecule has 0 spiro atoms. The number of carbonyl (C=O) groups is 1. The van der Waals surface area contributed by atoms with E-state index in [1.807, 2.05) is 30.1 Å². The number of hydrogen-bond donors (Lipinski definition) is 6. The molecule has 0 unspecified atom stereocenters. The normalized spacial score (nSPS) is 26.2. The number of H-pyrrole nitrogens is 1. The topological polar surface area (TPSA) is 210 Å². The first-order valence-electron chi connectivity index (χ1n) is 14.8. The molecule has 14 nitrogen and oxygen atoms in total. The van der Waals surface area contributed by atoms with Gasteiger partial charge in [0.15, 0.2) is 12.5 Å². The van der Waals surface area contributed by atoms with Crippen molar-refractivity contribution in [2.24, 2.45) is 5.73 Å². The molecular formula is C31H37F3N4O10. The summed E-state index contributed by atoms with van der Waals surface area (Å²) in [7, 11) is 1.90. The fourth-order valence-electron chi connectivity index (χ4n) is 5.36. The van der Waals surface area contributed by atoms with E-state index in [9.17, 15) is 38.1 Å². The maximum atomic E-state index is 12.4. The quantitative estimate of drug-likeness (QED) is 0.172. The van der Waals surface area contributed by atoms with E-state index in [1.54, 1.807) is 0 Å². The molecule has 2 aromatic carbocycles. The van der Waals surface area contributed by atoms with E-state index >= 15 is 0 Å². The monoisotopic (exact) mass is 682 g/mol. The average Bonchev–Trinajstić information content (AvgIpc) is 3.55. The predicted molar refractivity (Wildman–Crippen MR) is 162 cm³/mol. The highest BCUT2D eigenvalue weighted by Gasteiger charge is 2.47. The molecule has 1 aromatic heterocycles. The number of nitrogens with zero attached hydrogens (tertiary/aromatic N) is 2. The summed E-state index contributed by atoms with van der Waals surface area (Å²) in [6.07, 6.45) is -11.8. The molecule has 262 valence electrons. The molecule has 17 heteroatoms. The van der Waals surface area contributed by atoms with Crippen LogP contribution < -0.4 is 17.0 Å². The Morgan fingerprint density at radius 1 is 1.04 bits per heavy atom. The number of alkyl halides is 3. The van der Waals surface area contributed by atoms with Gasteiger partial charge < -0.3 is 40.4 Å². The van der Waals surface area contributed by atoms with E-state index < -0.39 is 72.5 Å². The fraction of sp³-hybridized carbons (Fsp3) is 0.452. The first-order chi connectivity index (χ1) is 22.7. The van der Waals surface area contributed by atoms with Crippen LogP contribution in [0.5, 0.6) is 0 Å². The standard InChI is InChI=1S/C29H36N4O8.C2HF3O2/c1-32(15-17-7-9-19(10-8-17)18-5-3-2-4-6-18)16-23(41-28-26(37)25(36)22(14-30)40-28)21-13-20(34)27(39-21)33-12-11-24(35)31-29(33)38;3-2(4,5)1(6)7/h2-12,20-23,25-28,34,36-37H,13-16,30H2,1H3,(H,31,35,38);(H,6,7)/t20-,21+,22-,23+,25-,26-,27-,28+;/m1./s1. The van der Waals surface area contributed by atoms with Gasteiger partial charge in [0, 0.05) is 38.3 Å². The lowest BCUT2D eigenvalue weighted by atomic mass is 10.0. The van der Waals surface area contributed by atoms with Gasteiger partial charge in [-0.3, -0.25) is 19.2 Å². The second-order valence-corrected chi connectivity index (χ2v) is 11.4. The van der Waals surface area contributed by atoms with Gasteiger partial charge in [0.1, 0.15) is 24.4 Å². The number of aliphatic hydroxyl groups is 3. The summed E-state index contributed by atoms with van der Waals surface area (Å²) in [5.74, 6) is -2.76. The molecule has 0 saturated carbocycles. The fourth-order valence-corrected chi connectivity index (χ4v) is 5.36. The minimum absolute atomic E-state index is 0.00250. The number of nitrogens with two attached hydrogens (primary N) is 1. The number of likely N-dealkylation sites (N-methyl/N-ethyl adjacent to an activating group) is 1. The molecule has 0 amide bonds. The first kappa shape index (κ1) is 36.9. The van der Waals surface area contributed by atoms with Gasteiger partial charge in [-0.05, 0) is 23.7 Å². The highest BCUT2D eigenvalue weighted by molar-refractivity contribution is 5.73. The number of aliphatic hydroxyl groups excluding tert-OH is 3. The largest absolute Gasteiger partial charge is 0.490 e. The van der Waals surface area contributed by atoms with E-state index in [2.05, 4.69) is 41.4 Å². The minimum Gasteiger partial charge on any atom is -0.475 e. The van der Waals surface area contributed by atoms with Crippen LogP contribution in [-0.2, 0) is 25.5 Å². The van der Waals surface area contributed by atoms with Gasteiger partial charge in [-0.25, -0.2) is 9.59 Å². The summed E-state index contributed by atoms with van der Waals surface area (Å²) in [5, 5.41) is 38.8. The Labute approximate surface area is 271 Å². The number of aromatic nitrogens is 2. The average molecular weight is 683 g/mol. The molecular weight excluding hydrogens is 645 g/mol. The molecule has 0 aliphatic carbocycles. The third-order valence-electron chi connectivity index (χ3n) is 7.76. The van der Waals surface area contributed by atoms with Gasteiger partial charge in [0.25, 0.3) is 5.56 Å². The maximum absolute atomic E-state index is 12.4. The minimum atomic E-state index is -5.08. The van der Waals surface area contributed by atoms with Gasteiger partial charge in [0.05, 0.1) is 12.2 Å². The number of carboxylic acid groups (broad SMARTS) is 1. The Morgan fingerprint density at radius 2 is 1.67 bits per heavy atom. The van der Waals surface area contributed by atoms with Crippen molar-refractivity contribution in [3.05, 3.63) is 93.3 Å². The number of nitrogens with one attached hydrogen (secondary N) is 1. The van der Waals surface area contributed by atoms with Crippen molar-refractivity contribution in [2.45, 2.75) is 68.3 Å². The molecule has 2 aliphatic rings. The zero-order valence-electron chi connectivity index (χ0n) is 25.6. The summed E-state index contributed by atoms with van der Waals surface area (Å²) in [4.78, 5) is 36.9. The van der Waals surface area contributed by atoms with E-state index in [-0.39, 0.29) is 13.0 Å². The Balaban J connectivity index is 0.000000671. The lowest BCUT2D eigenvalue weighted by molar-refractivity contribution is -0.217. The molecule has 2 saturated heterocycles. The number of aliphatic carboxylic acids is 1. The van der Waals surface area contributed by atoms with Crippen molar-refractivity contribution < 1.29 is 52.6 Å². The maximum Gasteiger partial charge on any atom is 0.490 e. The number of rotatable bonds is 10. The highest BCUT2D eigenvalue weighted by atomic mass is 19.4. The molecule has 7 N–H and O–H groups in total. The molecule has 5 rings (SSSR count). The third kappa shape index (κ3) is 9.36. The van der Waals surface area contributed by atoms with Crippen LogP contribution in [0, 0.1) is 0 Å². The summed E-state index contributed by atoms with van der Waals surface area (Å²) in [5.41, 5.74) is 7.69. The lowest BCUT2D eigenvalue weighted by Gasteiger charge is -2.31. The van der Waals surface area contributed by atoms with Gasteiger partial charge in [-0.15, -0.1) is 0 Å². The van der Waals surface area contributed by atoms with Gasteiger partial charge >= 0.3 is 17.8 Å². The summed E-state index contributed by atoms with van der Waals surface area (Å²) in [6.45, 7) is 0.869. The van der Waals surface area contributed by atoms with Crippen molar-refractivity contribution in [1.29, 1.82) is 0 Å². The van der Waals surface area contributed by atoms with E-state index in [0.717, 1.165) is 21.3 Å². The molecule has 2 fully saturated rings. The van der Waals surface area contributed by atoms with Crippen LogP contribution in [0.15, 0.2) is 76.4 Å². The van der Waals surface area contributed by atoms with Crippen LogP contribution in [-0.4, -0.2) is 110 Å². The molecule has 8 atom stereocenters. The summed E-state index contributed by atoms with van der Waals surface area (Å²) >= 11 is 0. The van der Waals surface area contributed by atoms with Gasteiger partial charge in [0.2, 0.25) is 0 Å². The Morgan fingerprint density at radius 3 is 2.23 bits per heavy atom. The molecule has 48 heavy (non-hydrogen) atoms. The summed E-state index contributed by atoms with van der Waals surface area (Å²) < 4.78 is 50.8. The second kappa shape index (κ2) is 16.0. The molecule has 3 aromatic rings. The Hall–Kier alpha value is -3.94. The zero-order valence-corrected chi connectivity index (χ0v) is 25.6. The van der Waals surface area contributed by atoms with Crippen LogP contribution >= 0.6 is 0 Å². The van der Waals surface area contributed by atoms with Gasteiger partial charge in [-0.1, -0.05) is 54.6 Å². The van der Waals surface area contributed by atoms with Crippen molar-refractivity contribution in [3.8, 4) is 11.1 Å². The van der Waals surface area contributed by atoms with Crippen molar-refractivity contribution >= 4 is 5.97 Å². The number of halogens is 3. The number of ether oxygens (including phenoxy) is 3. The van der Waals surface area contributed by atoms with Crippen molar-refractivity contribution in [3.63, 3.8) is 0 Å². The van der Waals surface area contributed by atoms with E-state index in [1.165, 1.54) is 12.3 Å². The molecule has 2 aliphatic heterocycles. The third-order valence-corrected chi connectivity index (χ3v) is 7.76. The van der Waals surface area contributed by atoms with E-state index in [0.29, 0.717) is 13.1 Å². The van der Waals surface area contributed by atoms with E-state index in [4.69, 9.17) is 29.8 Å². The summed E-state index contributed by atoms with van der Waals surface area (Å²) in [6, 6.07) is 19.5. The van der Waals surface area contributed by atoms with Crippen LogP contribution in [0.25, 0.3) is 11.1 Å².